The van der Waals surface area contributed by atoms with E-state index in [0.717, 1.165) is 38.4 Å². The van der Waals surface area contributed by atoms with Crippen LogP contribution in [0.3, 0.4) is 0 Å². The SMILES string of the molecule is N#Cc1ccccc1-c1nc(-c2cccc(CN3CCOCC3)c2)no1. The lowest BCUT2D eigenvalue weighted by molar-refractivity contribution is 0.0342. The molecule has 3 aromatic rings. The molecule has 0 atom stereocenters. The van der Waals surface area contributed by atoms with Crippen molar-refractivity contribution >= 4 is 0 Å². The van der Waals surface area contributed by atoms with Crippen LogP contribution >= 0.6 is 0 Å². The molecular weight excluding hydrogens is 328 g/mol. The Morgan fingerprint density at radius 1 is 1.08 bits per heavy atom. The second-order valence-corrected chi connectivity index (χ2v) is 6.17. The molecule has 1 aliphatic heterocycles. The minimum atomic E-state index is 0.357. The van der Waals surface area contributed by atoms with Gasteiger partial charge in [-0.05, 0) is 23.8 Å². The van der Waals surface area contributed by atoms with Crippen molar-refractivity contribution in [3.63, 3.8) is 0 Å². The van der Waals surface area contributed by atoms with Crippen molar-refractivity contribution in [1.82, 2.24) is 15.0 Å². The van der Waals surface area contributed by atoms with Crippen LogP contribution in [-0.2, 0) is 11.3 Å². The third-order valence-corrected chi connectivity index (χ3v) is 4.40. The number of benzene rings is 2. The van der Waals surface area contributed by atoms with E-state index in [4.69, 9.17) is 9.26 Å². The number of nitrogens with zero attached hydrogens (tertiary/aromatic N) is 4. The predicted octanol–water partition coefficient (Wildman–Crippen LogP) is 3.11. The molecule has 1 saturated heterocycles. The summed E-state index contributed by atoms with van der Waals surface area (Å²) in [4.78, 5) is 6.85. The Balaban J connectivity index is 1.58. The Hall–Kier alpha value is -3.01. The smallest absolute Gasteiger partial charge is 0.259 e. The number of rotatable bonds is 4. The summed E-state index contributed by atoms with van der Waals surface area (Å²) in [6, 6.07) is 17.5. The second-order valence-electron chi connectivity index (χ2n) is 6.17. The van der Waals surface area contributed by atoms with Crippen molar-refractivity contribution in [1.29, 1.82) is 5.26 Å². The van der Waals surface area contributed by atoms with E-state index in [1.807, 2.05) is 30.3 Å². The van der Waals surface area contributed by atoms with Crippen LogP contribution in [-0.4, -0.2) is 41.3 Å². The number of morpholine rings is 1. The molecule has 1 aliphatic rings. The quantitative estimate of drug-likeness (QED) is 0.722. The summed E-state index contributed by atoms with van der Waals surface area (Å²) in [7, 11) is 0. The van der Waals surface area contributed by atoms with E-state index >= 15 is 0 Å². The number of ether oxygens (including phenoxy) is 1. The fourth-order valence-corrected chi connectivity index (χ4v) is 3.04. The van der Waals surface area contributed by atoms with E-state index in [1.54, 1.807) is 6.07 Å². The van der Waals surface area contributed by atoms with Crippen molar-refractivity contribution in [2.45, 2.75) is 6.54 Å². The number of aromatic nitrogens is 2. The van der Waals surface area contributed by atoms with Crippen molar-refractivity contribution in [3.8, 4) is 28.9 Å². The first-order valence-corrected chi connectivity index (χ1v) is 8.56. The number of hydrogen-bond acceptors (Lipinski definition) is 6. The van der Waals surface area contributed by atoms with Gasteiger partial charge in [0.05, 0.1) is 30.4 Å². The molecule has 4 rings (SSSR count). The third-order valence-electron chi connectivity index (χ3n) is 4.40. The van der Waals surface area contributed by atoms with Crippen LogP contribution in [0.5, 0.6) is 0 Å². The van der Waals surface area contributed by atoms with Gasteiger partial charge in [0, 0.05) is 25.2 Å². The molecule has 2 aromatic carbocycles. The summed E-state index contributed by atoms with van der Waals surface area (Å²) in [5.74, 6) is 0.882. The zero-order valence-electron chi connectivity index (χ0n) is 14.3. The first-order chi connectivity index (χ1) is 12.8. The summed E-state index contributed by atoms with van der Waals surface area (Å²) in [5.41, 5.74) is 3.27. The molecule has 0 saturated carbocycles. The lowest BCUT2D eigenvalue weighted by Gasteiger charge is -2.26. The molecule has 130 valence electrons. The summed E-state index contributed by atoms with van der Waals surface area (Å²) in [6.07, 6.45) is 0. The van der Waals surface area contributed by atoms with E-state index < -0.39 is 0 Å². The average Bonchev–Trinajstić information content (AvgIpc) is 3.19. The van der Waals surface area contributed by atoms with Gasteiger partial charge in [0.2, 0.25) is 5.82 Å². The molecule has 0 radical (unpaired) electrons. The number of nitriles is 1. The van der Waals surface area contributed by atoms with Crippen LogP contribution in [0.15, 0.2) is 53.1 Å². The van der Waals surface area contributed by atoms with Gasteiger partial charge in [0.1, 0.15) is 0 Å². The Kier molecular flexibility index (Phi) is 4.73. The van der Waals surface area contributed by atoms with Gasteiger partial charge in [-0.1, -0.05) is 35.5 Å². The van der Waals surface area contributed by atoms with Gasteiger partial charge in [-0.15, -0.1) is 0 Å². The van der Waals surface area contributed by atoms with Crippen molar-refractivity contribution in [2.24, 2.45) is 0 Å². The highest BCUT2D eigenvalue weighted by atomic mass is 16.5. The van der Waals surface area contributed by atoms with Crippen LogP contribution in [0, 0.1) is 11.3 Å². The van der Waals surface area contributed by atoms with Gasteiger partial charge in [-0.25, -0.2) is 0 Å². The maximum atomic E-state index is 9.24. The Labute approximate surface area is 151 Å². The normalized spacial score (nSPS) is 14.9. The van der Waals surface area contributed by atoms with E-state index in [9.17, 15) is 5.26 Å². The molecule has 0 spiro atoms. The fraction of sp³-hybridized carbons (Fsp3) is 0.250. The largest absolute Gasteiger partial charge is 0.379 e. The molecule has 6 heteroatoms. The van der Waals surface area contributed by atoms with Crippen molar-refractivity contribution < 1.29 is 9.26 Å². The Morgan fingerprint density at radius 3 is 2.77 bits per heavy atom. The first-order valence-electron chi connectivity index (χ1n) is 8.56. The van der Waals surface area contributed by atoms with Crippen molar-refractivity contribution in [2.75, 3.05) is 26.3 Å². The topological polar surface area (TPSA) is 75.2 Å². The van der Waals surface area contributed by atoms with E-state index in [-0.39, 0.29) is 0 Å². The maximum absolute atomic E-state index is 9.24. The van der Waals surface area contributed by atoms with E-state index in [2.05, 4.69) is 33.2 Å². The first kappa shape index (κ1) is 16.5. The van der Waals surface area contributed by atoms with Gasteiger partial charge in [0.25, 0.3) is 5.89 Å². The Bertz CT molecular complexity index is 939. The highest BCUT2D eigenvalue weighted by Gasteiger charge is 2.15. The zero-order chi connectivity index (χ0) is 17.8. The molecule has 0 amide bonds. The zero-order valence-corrected chi connectivity index (χ0v) is 14.3. The molecule has 0 N–H and O–H groups in total. The fourth-order valence-electron chi connectivity index (χ4n) is 3.04. The minimum absolute atomic E-state index is 0.357. The molecule has 1 fully saturated rings. The predicted molar refractivity (Wildman–Crippen MR) is 96.0 cm³/mol. The molecular formula is C20H18N4O2. The van der Waals surface area contributed by atoms with Gasteiger partial charge >= 0.3 is 0 Å². The molecule has 0 unspecified atom stereocenters. The third kappa shape index (κ3) is 3.49. The van der Waals surface area contributed by atoms with Gasteiger partial charge in [-0.2, -0.15) is 10.2 Å². The summed E-state index contributed by atoms with van der Waals surface area (Å²) < 4.78 is 10.8. The molecule has 0 aliphatic carbocycles. The lowest BCUT2D eigenvalue weighted by atomic mass is 10.1. The van der Waals surface area contributed by atoms with Crippen LogP contribution < -0.4 is 0 Å². The summed E-state index contributed by atoms with van der Waals surface area (Å²) in [5, 5.41) is 13.3. The Morgan fingerprint density at radius 2 is 1.92 bits per heavy atom. The second kappa shape index (κ2) is 7.48. The molecule has 26 heavy (non-hydrogen) atoms. The van der Waals surface area contributed by atoms with E-state index in [1.165, 1.54) is 5.56 Å². The van der Waals surface area contributed by atoms with Crippen LogP contribution in [0.25, 0.3) is 22.8 Å². The summed E-state index contributed by atoms with van der Waals surface area (Å²) >= 11 is 0. The molecule has 1 aromatic heterocycles. The van der Waals surface area contributed by atoms with Gasteiger partial charge in [-0.3, -0.25) is 4.90 Å². The molecule has 2 heterocycles. The highest BCUT2D eigenvalue weighted by Crippen LogP contribution is 2.25. The summed E-state index contributed by atoms with van der Waals surface area (Å²) in [6.45, 7) is 4.33. The highest BCUT2D eigenvalue weighted by molar-refractivity contribution is 5.65. The lowest BCUT2D eigenvalue weighted by Crippen LogP contribution is -2.35. The number of hydrogen-bond donors (Lipinski definition) is 0. The monoisotopic (exact) mass is 346 g/mol. The van der Waals surface area contributed by atoms with Crippen molar-refractivity contribution in [3.05, 3.63) is 59.7 Å². The standard InChI is InChI=1S/C20H18N4O2/c21-13-17-5-1-2-7-18(17)20-22-19(23-26-20)16-6-3-4-15(12-16)14-24-8-10-25-11-9-24/h1-7,12H,8-11,14H2. The van der Waals surface area contributed by atoms with E-state index in [0.29, 0.717) is 22.8 Å². The van der Waals surface area contributed by atoms with Crippen LogP contribution in [0.1, 0.15) is 11.1 Å². The minimum Gasteiger partial charge on any atom is -0.379 e. The van der Waals surface area contributed by atoms with Crippen LogP contribution in [0.2, 0.25) is 0 Å². The van der Waals surface area contributed by atoms with Gasteiger partial charge < -0.3 is 9.26 Å². The maximum Gasteiger partial charge on any atom is 0.259 e. The molecule has 6 nitrogen and oxygen atoms in total. The molecule has 0 bridgehead atoms. The van der Waals surface area contributed by atoms with Crippen LogP contribution in [0.4, 0.5) is 0 Å². The van der Waals surface area contributed by atoms with Gasteiger partial charge in [0.15, 0.2) is 0 Å². The average molecular weight is 346 g/mol.